The van der Waals surface area contributed by atoms with Gasteiger partial charge in [-0.1, -0.05) is 58.6 Å². The average molecular weight is 389 g/mol. The van der Waals surface area contributed by atoms with Gasteiger partial charge >= 0.3 is 0 Å². The third kappa shape index (κ3) is 5.14. The first kappa shape index (κ1) is 18.1. The van der Waals surface area contributed by atoms with E-state index < -0.39 is 5.91 Å². The second-order valence-corrected chi connectivity index (χ2v) is 7.40. The molecule has 1 aromatic carbocycles. The highest BCUT2D eigenvalue weighted by Gasteiger charge is 2.14. The van der Waals surface area contributed by atoms with Gasteiger partial charge in [-0.2, -0.15) is 0 Å². The number of thioether (sulfide) groups is 1. The third-order valence-electron chi connectivity index (χ3n) is 3.15. The van der Waals surface area contributed by atoms with Crippen molar-refractivity contribution >= 4 is 40.0 Å². The van der Waals surface area contributed by atoms with Gasteiger partial charge in [-0.05, 0) is 12.5 Å². The molecule has 0 atom stereocenters. The van der Waals surface area contributed by atoms with Crippen LogP contribution < -0.4 is 10.6 Å². The van der Waals surface area contributed by atoms with Crippen LogP contribution in [0.15, 0.2) is 45.3 Å². The molecule has 0 aliphatic carbocycles. The fraction of sp³-hybridized carbons (Fsp3) is 0.188. The molecule has 2 heterocycles. The van der Waals surface area contributed by atoms with Crippen LogP contribution in [0.25, 0.3) is 0 Å². The van der Waals surface area contributed by atoms with Gasteiger partial charge in [-0.3, -0.25) is 14.9 Å². The maximum atomic E-state index is 12.0. The number of rotatable bonds is 7. The largest absolute Gasteiger partial charge is 0.361 e. The van der Waals surface area contributed by atoms with Crippen molar-refractivity contribution in [2.75, 3.05) is 11.1 Å². The number of hydrogen-bond donors (Lipinski definition) is 2. The minimum atomic E-state index is -0.421. The van der Waals surface area contributed by atoms with Crippen molar-refractivity contribution in [3.63, 3.8) is 0 Å². The molecule has 0 unspecified atom stereocenters. The standard InChI is InChI=1S/C16H15N5O3S2/c1-10-7-12(21-24-10)14(23)18-15-19-20-16(26-15)25-9-13(22)17-8-11-5-3-2-4-6-11/h2-7H,8-9H2,1H3,(H,17,22)(H,18,19,23). The number of benzene rings is 1. The summed E-state index contributed by atoms with van der Waals surface area (Å²) in [5.74, 6) is 0.246. The molecular formula is C16H15N5O3S2. The number of aromatic nitrogens is 3. The summed E-state index contributed by atoms with van der Waals surface area (Å²) in [5.41, 5.74) is 1.21. The lowest BCUT2D eigenvalue weighted by Gasteiger charge is -2.03. The van der Waals surface area contributed by atoms with Crippen LogP contribution in [0.2, 0.25) is 0 Å². The van der Waals surface area contributed by atoms with Crippen molar-refractivity contribution in [3.05, 3.63) is 53.4 Å². The van der Waals surface area contributed by atoms with Crippen LogP contribution in [-0.4, -0.2) is 32.9 Å². The van der Waals surface area contributed by atoms with Gasteiger partial charge in [0.2, 0.25) is 11.0 Å². The quantitative estimate of drug-likeness (QED) is 0.472. The number of aryl methyl sites for hydroxylation is 1. The summed E-state index contributed by atoms with van der Waals surface area (Å²) in [6, 6.07) is 11.2. The van der Waals surface area contributed by atoms with Crippen molar-refractivity contribution < 1.29 is 14.1 Å². The Bertz CT molecular complexity index is 894. The molecule has 2 aromatic heterocycles. The lowest BCUT2D eigenvalue weighted by atomic mass is 10.2. The van der Waals surface area contributed by atoms with E-state index in [1.807, 2.05) is 30.3 Å². The Morgan fingerprint density at radius 1 is 1.23 bits per heavy atom. The first-order valence-corrected chi connectivity index (χ1v) is 9.42. The smallest absolute Gasteiger partial charge is 0.279 e. The molecule has 0 radical (unpaired) electrons. The maximum absolute atomic E-state index is 12.0. The summed E-state index contributed by atoms with van der Waals surface area (Å²) in [7, 11) is 0. The number of carbonyl (C=O) groups excluding carboxylic acids is 2. The van der Waals surface area contributed by atoms with Crippen LogP contribution in [0.1, 0.15) is 21.8 Å². The predicted octanol–water partition coefficient (Wildman–Crippen LogP) is 2.50. The van der Waals surface area contributed by atoms with E-state index in [-0.39, 0.29) is 17.4 Å². The normalized spacial score (nSPS) is 10.5. The number of amides is 2. The highest BCUT2D eigenvalue weighted by atomic mass is 32.2. The number of nitrogens with one attached hydrogen (secondary N) is 2. The molecule has 0 saturated carbocycles. The van der Waals surface area contributed by atoms with Gasteiger partial charge in [-0.15, -0.1) is 10.2 Å². The number of anilines is 1. The van der Waals surface area contributed by atoms with E-state index >= 15 is 0 Å². The Hall–Kier alpha value is -2.72. The molecule has 10 heteroatoms. The monoisotopic (exact) mass is 389 g/mol. The van der Waals surface area contributed by atoms with E-state index in [0.717, 1.165) is 5.56 Å². The van der Waals surface area contributed by atoms with E-state index in [9.17, 15) is 9.59 Å². The fourth-order valence-corrected chi connectivity index (χ4v) is 3.50. The molecule has 0 saturated heterocycles. The number of nitrogens with zero attached hydrogens (tertiary/aromatic N) is 3. The zero-order valence-electron chi connectivity index (χ0n) is 13.8. The molecule has 134 valence electrons. The van der Waals surface area contributed by atoms with E-state index in [2.05, 4.69) is 26.0 Å². The Kier molecular flexibility index (Phi) is 5.97. The van der Waals surface area contributed by atoms with Crippen LogP contribution in [0.3, 0.4) is 0 Å². The van der Waals surface area contributed by atoms with Gasteiger partial charge < -0.3 is 9.84 Å². The van der Waals surface area contributed by atoms with Crippen LogP contribution in [0.4, 0.5) is 5.13 Å². The van der Waals surface area contributed by atoms with Crippen molar-refractivity contribution in [3.8, 4) is 0 Å². The highest BCUT2D eigenvalue weighted by Crippen LogP contribution is 2.25. The van der Waals surface area contributed by atoms with Gasteiger partial charge in [0.25, 0.3) is 5.91 Å². The average Bonchev–Trinajstić information content (AvgIpc) is 3.28. The van der Waals surface area contributed by atoms with E-state index in [4.69, 9.17) is 4.52 Å². The first-order chi connectivity index (χ1) is 12.6. The van der Waals surface area contributed by atoms with Crippen molar-refractivity contribution in [1.29, 1.82) is 0 Å². The molecule has 3 aromatic rings. The summed E-state index contributed by atoms with van der Waals surface area (Å²) in [4.78, 5) is 23.9. The van der Waals surface area contributed by atoms with Crippen LogP contribution in [0.5, 0.6) is 0 Å². The molecule has 2 amide bonds. The molecule has 3 rings (SSSR count). The summed E-state index contributed by atoms with van der Waals surface area (Å²) in [6.45, 7) is 2.18. The maximum Gasteiger partial charge on any atom is 0.279 e. The molecule has 0 aliphatic rings. The SMILES string of the molecule is Cc1cc(C(=O)Nc2nnc(SCC(=O)NCc3ccccc3)s2)no1. The molecule has 8 nitrogen and oxygen atoms in total. The lowest BCUT2D eigenvalue weighted by Crippen LogP contribution is -2.24. The molecule has 0 bridgehead atoms. The van der Waals surface area contributed by atoms with Crippen molar-refractivity contribution in [2.45, 2.75) is 17.8 Å². The van der Waals surface area contributed by atoms with E-state index in [1.165, 1.54) is 29.2 Å². The van der Waals surface area contributed by atoms with Gasteiger partial charge in [0.15, 0.2) is 10.0 Å². The van der Waals surface area contributed by atoms with Gasteiger partial charge in [0.05, 0.1) is 5.75 Å². The van der Waals surface area contributed by atoms with E-state index in [1.54, 1.807) is 6.92 Å². The highest BCUT2D eigenvalue weighted by molar-refractivity contribution is 8.01. The molecule has 2 N–H and O–H groups in total. The van der Waals surface area contributed by atoms with Crippen LogP contribution in [-0.2, 0) is 11.3 Å². The molecule has 0 fully saturated rings. The number of carbonyl (C=O) groups is 2. The summed E-state index contributed by atoms with van der Waals surface area (Å²) >= 11 is 2.45. The number of hydrogen-bond acceptors (Lipinski definition) is 8. The van der Waals surface area contributed by atoms with Crippen molar-refractivity contribution in [1.82, 2.24) is 20.7 Å². The first-order valence-electron chi connectivity index (χ1n) is 7.62. The molecule has 0 spiro atoms. The fourth-order valence-electron chi connectivity index (χ4n) is 1.93. The second kappa shape index (κ2) is 8.59. The van der Waals surface area contributed by atoms with E-state index in [0.29, 0.717) is 21.8 Å². The zero-order valence-corrected chi connectivity index (χ0v) is 15.4. The van der Waals surface area contributed by atoms with Crippen molar-refractivity contribution in [2.24, 2.45) is 0 Å². The zero-order chi connectivity index (χ0) is 18.4. The lowest BCUT2D eigenvalue weighted by molar-refractivity contribution is -0.118. The van der Waals surface area contributed by atoms with Gasteiger partial charge in [-0.25, -0.2) is 0 Å². The third-order valence-corrected chi connectivity index (χ3v) is 5.12. The van der Waals surface area contributed by atoms with Gasteiger partial charge in [0, 0.05) is 12.6 Å². The minimum absolute atomic E-state index is 0.0993. The Labute approximate surface area is 157 Å². The Morgan fingerprint density at radius 2 is 2.04 bits per heavy atom. The second-order valence-electron chi connectivity index (χ2n) is 5.20. The van der Waals surface area contributed by atoms with Crippen LogP contribution >= 0.6 is 23.1 Å². The van der Waals surface area contributed by atoms with Crippen LogP contribution in [0, 0.1) is 6.92 Å². The predicted molar refractivity (Wildman–Crippen MR) is 98.1 cm³/mol. The molecule has 0 aliphatic heterocycles. The summed E-state index contributed by atoms with van der Waals surface area (Å²) in [5, 5.41) is 17.2. The van der Waals surface area contributed by atoms with Gasteiger partial charge in [0.1, 0.15) is 5.76 Å². The Morgan fingerprint density at radius 3 is 2.77 bits per heavy atom. The minimum Gasteiger partial charge on any atom is -0.361 e. The summed E-state index contributed by atoms with van der Waals surface area (Å²) in [6.07, 6.45) is 0. The Balaban J connectivity index is 1.44. The molecular weight excluding hydrogens is 374 g/mol. The topological polar surface area (TPSA) is 110 Å². The molecule has 26 heavy (non-hydrogen) atoms. The summed E-state index contributed by atoms with van der Waals surface area (Å²) < 4.78 is 5.45.